The zero-order chi connectivity index (χ0) is 44.4. The SMILES string of the molecule is C#Cc1c(F)ccc2cc(OCc3oc(=O)oc3C)cc(-c3nc4c5c(nc(OCC67CCCN6CCC7)nc5c3F)NCCN(Cc3oc(=O)oc3C)CC(CC)CC4)c12.CC. The number of terminal acetylenes is 1. The molecule has 16 heteroatoms. The zero-order valence-electron chi connectivity index (χ0n) is 36.3. The van der Waals surface area contributed by atoms with E-state index in [1.54, 1.807) is 32.0 Å². The number of halogens is 2. The van der Waals surface area contributed by atoms with Gasteiger partial charge in [0.05, 0.1) is 28.7 Å². The van der Waals surface area contributed by atoms with Gasteiger partial charge in [-0.05, 0) is 95.0 Å². The van der Waals surface area contributed by atoms with Gasteiger partial charge in [-0.3, -0.25) is 9.80 Å². The summed E-state index contributed by atoms with van der Waals surface area (Å²) in [6.45, 7) is 13.6. The first-order valence-corrected chi connectivity index (χ1v) is 21.8. The second-order valence-electron chi connectivity index (χ2n) is 16.3. The van der Waals surface area contributed by atoms with Crippen LogP contribution in [0.15, 0.2) is 51.5 Å². The summed E-state index contributed by atoms with van der Waals surface area (Å²) in [5.41, 5.74) is 0.425. The number of nitrogens with one attached hydrogen (secondary N) is 1. The molecule has 6 aromatic rings. The van der Waals surface area contributed by atoms with Crippen molar-refractivity contribution in [1.82, 2.24) is 24.8 Å². The molecule has 0 spiro atoms. The predicted octanol–water partition coefficient (Wildman–Crippen LogP) is 8.31. The third-order valence-corrected chi connectivity index (χ3v) is 12.6. The van der Waals surface area contributed by atoms with E-state index in [9.17, 15) is 9.59 Å². The Bertz CT molecular complexity index is 2800. The van der Waals surface area contributed by atoms with Crippen LogP contribution in [0.3, 0.4) is 0 Å². The fourth-order valence-electron chi connectivity index (χ4n) is 9.34. The van der Waals surface area contributed by atoms with Gasteiger partial charge in [-0.2, -0.15) is 9.97 Å². The largest absolute Gasteiger partial charge is 0.519 e. The van der Waals surface area contributed by atoms with Gasteiger partial charge in [0.25, 0.3) is 0 Å². The number of fused-ring (bicyclic) bond motifs is 2. The molecule has 1 atom stereocenters. The van der Waals surface area contributed by atoms with Crippen LogP contribution < -0.4 is 26.4 Å². The van der Waals surface area contributed by atoms with Crippen molar-refractivity contribution < 1.29 is 35.9 Å². The molecule has 1 unspecified atom stereocenters. The van der Waals surface area contributed by atoms with Crippen molar-refractivity contribution in [2.45, 2.75) is 98.3 Å². The van der Waals surface area contributed by atoms with E-state index in [4.69, 9.17) is 48.5 Å². The molecular weight excluding hydrogens is 815 g/mol. The van der Waals surface area contributed by atoms with E-state index in [-0.39, 0.29) is 69.1 Å². The summed E-state index contributed by atoms with van der Waals surface area (Å²) in [4.78, 5) is 43.1. The summed E-state index contributed by atoms with van der Waals surface area (Å²) < 4.78 is 66.5. The maximum Gasteiger partial charge on any atom is 0.519 e. The Hall–Kier alpha value is -6.05. The van der Waals surface area contributed by atoms with Gasteiger partial charge in [0, 0.05) is 30.6 Å². The van der Waals surface area contributed by atoms with E-state index < -0.39 is 23.3 Å². The molecular formula is C47H52F2N6O8. The first-order chi connectivity index (χ1) is 30.5. The number of aromatic nitrogens is 3. The average molecular weight is 867 g/mol. The molecule has 14 nitrogen and oxygen atoms in total. The topological polar surface area (TPSA) is 162 Å². The quantitative estimate of drug-likeness (QED) is 0.131. The van der Waals surface area contributed by atoms with Gasteiger partial charge in [-0.1, -0.05) is 39.2 Å². The number of hydrogen-bond acceptors (Lipinski definition) is 14. The summed E-state index contributed by atoms with van der Waals surface area (Å²) in [7, 11) is 0. The minimum Gasteiger partial charge on any atom is -0.485 e. The average Bonchev–Trinajstić information content (AvgIpc) is 4.03. The fraction of sp³-hybridized carbons (Fsp3) is 0.468. The van der Waals surface area contributed by atoms with Gasteiger partial charge in [0.15, 0.2) is 23.1 Å². The highest BCUT2D eigenvalue weighted by Gasteiger charge is 2.45. The first-order valence-electron chi connectivity index (χ1n) is 21.8. The second kappa shape index (κ2) is 18.4. The third kappa shape index (κ3) is 8.68. The van der Waals surface area contributed by atoms with Crippen LogP contribution in [-0.4, -0.2) is 69.6 Å². The van der Waals surface area contributed by atoms with E-state index in [1.807, 2.05) is 13.8 Å². The van der Waals surface area contributed by atoms with Crippen LogP contribution in [0.4, 0.5) is 14.6 Å². The van der Waals surface area contributed by atoms with Gasteiger partial charge in [-0.25, -0.2) is 23.4 Å². The van der Waals surface area contributed by atoms with Crippen LogP contribution in [-0.2, 0) is 19.6 Å². The molecule has 1 N–H and O–H groups in total. The number of nitrogens with zero attached hydrogens (tertiary/aromatic N) is 5. The van der Waals surface area contributed by atoms with Gasteiger partial charge >= 0.3 is 17.7 Å². The third-order valence-electron chi connectivity index (χ3n) is 12.6. The maximum atomic E-state index is 17.7. The normalized spacial score (nSPS) is 17.7. The Kier molecular flexibility index (Phi) is 12.7. The maximum absolute atomic E-state index is 17.7. The van der Waals surface area contributed by atoms with Gasteiger partial charge in [-0.15, -0.1) is 6.42 Å². The van der Waals surface area contributed by atoms with Gasteiger partial charge < -0.3 is 32.5 Å². The van der Waals surface area contributed by atoms with E-state index in [2.05, 4.69) is 28.0 Å². The standard InChI is InChI=1S/C45H46F2N6O8.C2H6/c1-5-27-9-12-33-37-40(38(47)39(49-33)31-20-29(56-23-35-26(4)59-44(55)61-35)19-28-10-11-32(46)30(6-2)36(28)31)50-42(57-24-45-13-7-16-53(45)17-8-14-45)51-41(37)48-15-18-52(21-27)22-34-25(3)58-43(54)60-34;1-2/h2,10-11,19-20,27H,5,7-9,12-18,21-24H2,1,3-4H3,(H,48,50,51);1-2H3. The Morgan fingerprint density at radius 2 is 1.67 bits per heavy atom. The van der Waals surface area contributed by atoms with Crippen LogP contribution >= 0.6 is 0 Å². The van der Waals surface area contributed by atoms with Gasteiger partial charge in [0.1, 0.15) is 47.6 Å². The molecule has 0 radical (unpaired) electrons. The van der Waals surface area contributed by atoms with Crippen LogP contribution in [0, 0.1) is 43.7 Å². The van der Waals surface area contributed by atoms with Crippen LogP contribution in [0.1, 0.15) is 93.6 Å². The number of ether oxygens (including phenoxy) is 2. The summed E-state index contributed by atoms with van der Waals surface area (Å²) in [5.74, 6) is 1.56. The Labute approximate surface area is 363 Å². The lowest BCUT2D eigenvalue weighted by Crippen LogP contribution is -2.43. The molecule has 0 bridgehead atoms. The number of anilines is 1. The van der Waals surface area contributed by atoms with Crippen molar-refractivity contribution in [1.29, 1.82) is 0 Å². The molecule has 3 aliphatic rings. The van der Waals surface area contributed by atoms with Crippen molar-refractivity contribution in [2.24, 2.45) is 5.92 Å². The van der Waals surface area contributed by atoms with Crippen molar-refractivity contribution in [3.8, 4) is 35.4 Å². The minimum absolute atomic E-state index is 0.00595. The smallest absolute Gasteiger partial charge is 0.485 e. The van der Waals surface area contributed by atoms with E-state index in [1.165, 1.54) is 6.07 Å². The molecule has 2 aromatic carbocycles. The molecule has 63 heavy (non-hydrogen) atoms. The lowest BCUT2D eigenvalue weighted by Gasteiger charge is -2.31. The summed E-state index contributed by atoms with van der Waals surface area (Å²) in [5, 5.41) is 4.61. The fourth-order valence-corrected chi connectivity index (χ4v) is 9.34. The number of rotatable bonds is 10. The number of pyridine rings is 1. The molecule has 2 saturated heterocycles. The summed E-state index contributed by atoms with van der Waals surface area (Å²) in [6.07, 6.45) is 12.0. The van der Waals surface area contributed by atoms with Crippen molar-refractivity contribution in [2.75, 3.05) is 44.6 Å². The van der Waals surface area contributed by atoms with Gasteiger partial charge in [0.2, 0.25) is 0 Å². The molecule has 0 saturated carbocycles. The highest BCUT2D eigenvalue weighted by atomic mass is 19.1. The number of benzene rings is 2. The van der Waals surface area contributed by atoms with Crippen molar-refractivity contribution in [3.63, 3.8) is 0 Å². The highest BCUT2D eigenvalue weighted by molar-refractivity contribution is 6.03. The van der Waals surface area contributed by atoms with E-state index in [0.717, 1.165) is 45.2 Å². The molecule has 2 fully saturated rings. The summed E-state index contributed by atoms with van der Waals surface area (Å²) in [6, 6.07) is 6.02. The number of hydrogen-bond donors (Lipinski definition) is 1. The molecule has 4 aromatic heterocycles. The predicted molar refractivity (Wildman–Crippen MR) is 232 cm³/mol. The molecule has 9 rings (SSSR count). The molecule has 0 aliphatic carbocycles. The summed E-state index contributed by atoms with van der Waals surface area (Å²) >= 11 is 0. The molecule has 332 valence electrons. The van der Waals surface area contributed by atoms with Crippen molar-refractivity contribution in [3.05, 3.63) is 91.4 Å². The minimum atomic E-state index is -0.864. The van der Waals surface area contributed by atoms with Crippen LogP contribution in [0.5, 0.6) is 11.8 Å². The lowest BCUT2D eigenvalue weighted by molar-refractivity contribution is 0.108. The van der Waals surface area contributed by atoms with E-state index >= 15 is 8.78 Å². The van der Waals surface area contributed by atoms with Crippen LogP contribution in [0.2, 0.25) is 0 Å². The Balaban J connectivity index is 0.00000268. The Morgan fingerprint density at radius 3 is 2.35 bits per heavy atom. The monoisotopic (exact) mass is 866 g/mol. The molecule has 3 aliphatic heterocycles. The Morgan fingerprint density at radius 1 is 0.937 bits per heavy atom. The molecule has 0 amide bonds. The van der Waals surface area contributed by atoms with Crippen molar-refractivity contribution >= 4 is 27.5 Å². The second-order valence-corrected chi connectivity index (χ2v) is 16.3. The lowest BCUT2D eigenvalue weighted by atomic mass is 9.94. The number of aryl methyl sites for hydroxylation is 3. The highest BCUT2D eigenvalue weighted by Crippen LogP contribution is 2.42. The van der Waals surface area contributed by atoms with E-state index in [0.29, 0.717) is 79.4 Å². The first kappa shape index (κ1) is 43.6. The molecule has 7 heterocycles. The van der Waals surface area contributed by atoms with Crippen LogP contribution in [0.25, 0.3) is 32.9 Å². The zero-order valence-corrected chi connectivity index (χ0v) is 36.3.